The average molecular weight is 209 g/mol. The molecule has 0 saturated carbocycles. The van der Waals surface area contributed by atoms with Crippen molar-refractivity contribution < 1.29 is 0 Å². The Bertz CT molecular complexity index is 380. The van der Waals surface area contributed by atoms with Gasteiger partial charge in [0.05, 0.1) is 11.4 Å². The van der Waals surface area contributed by atoms with Gasteiger partial charge in [0.1, 0.15) is 0 Å². The molecular weight excluding hydrogens is 198 g/mol. The molecule has 0 aliphatic heterocycles. The van der Waals surface area contributed by atoms with Crippen LogP contribution in [0.3, 0.4) is 0 Å². The molecule has 0 radical (unpaired) electrons. The molecule has 0 bridgehead atoms. The van der Waals surface area contributed by atoms with Crippen LogP contribution < -0.4 is 5.32 Å². The van der Waals surface area contributed by atoms with Crippen molar-refractivity contribution in [2.24, 2.45) is 0 Å². The van der Waals surface area contributed by atoms with Crippen LogP contribution in [0, 0.1) is 0 Å². The van der Waals surface area contributed by atoms with Gasteiger partial charge in [0, 0.05) is 6.54 Å². The van der Waals surface area contributed by atoms with E-state index in [-0.39, 0.29) is 0 Å². The smallest absolute Gasteiger partial charge is 0.214 e. The van der Waals surface area contributed by atoms with Crippen molar-refractivity contribution in [3.05, 3.63) is 17.5 Å². The van der Waals surface area contributed by atoms with Gasteiger partial charge in [-0.1, -0.05) is 6.07 Å². The number of rotatable bonds is 4. The zero-order chi connectivity index (χ0) is 9.80. The maximum Gasteiger partial charge on any atom is 0.214 e. The fourth-order valence-corrected chi connectivity index (χ4v) is 1.70. The van der Waals surface area contributed by atoms with E-state index in [1.54, 1.807) is 16.1 Å². The van der Waals surface area contributed by atoms with Crippen molar-refractivity contribution in [1.82, 2.24) is 25.5 Å². The van der Waals surface area contributed by atoms with Gasteiger partial charge >= 0.3 is 0 Å². The van der Waals surface area contributed by atoms with E-state index >= 15 is 0 Å². The quantitative estimate of drug-likeness (QED) is 0.802. The summed E-state index contributed by atoms with van der Waals surface area (Å²) in [5, 5.41) is 17.2. The lowest BCUT2D eigenvalue weighted by Gasteiger charge is -1.95. The molecular formula is C8H11N5S. The number of nitrogens with one attached hydrogen (secondary N) is 1. The highest BCUT2D eigenvalue weighted by Crippen LogP contribution is 2.19. The number of tetrazole rings is 1. The zero-order valence-electron chi connectivity index (χ0n) is 7.84. The van der Waals surface area contributed by atoms with Crippen LogP contribution in [-0.2, 0) is 6.54 Å². The van der Waals surface area contributed by atoms with Gasteiger partial charge in [-0.25, -0.2) is 0 Å². The van der Waals surface area contributed by atoms with E-state index in [0.29, 0.717) is 5.82 Å². The van der Waals surface area contributed by atoms with Gasteiger partial charge in [-0.05, 0) is 23.7 Å². The Morgan fingerprint density at radius 1 is 1.57 bits per heavy atom. The molecule has 0 aliphatic rings. The fourth-order valence-electron chi connectivity index (χ4n) is 1.05. The van der Waals surface area contributed by atoms with E-state index in [1.807, 2.05) is 24.6 Å². The van der Waals surface area contributed by atoms with Crippen molar-refractivity contribution >= 4 is 11.3 Å². The molecule has 74 valence electrons. The Morgan fingerprint density at radius 2 is 2.50 bits per heavy atom. The number of likely N-dealkylation sites (N-methyl/N-ethyl adjacent to an activating group) is 1. The first-order chi connectivity index (χ1) is 6.90. The molecule has 5 nitrogen and oxygen atoms in total. The molecule has 6 heteroatoms. The van der Waals surface area contributed by atoms with Gasteiger partial charge in [0.25, 0.3) is 0 Å². The summed E-state index contributed by atoms with van der Waals surface area (Å²) in [7, 11) is 1.90. The molecule has 0 aromatic carbocycles. The summed E-state index contributed by atoms with van der Waals surface area (Å²) in [6.07, 6.45) is 0. The maximum absolute atomic E-state index is 4.26. The van der Waals surface area contributed by atoms with Crippen LogP contribution in [-0.4, -0.2) is 33.8 Å². The molecule has 0 aliphatic carbocycles. The Kier molecular flexibility index (Phi) is 2.85. The Hall–Kier alpha value is -1.27. The molecule has 2 aromatic heterocycles. The van der Waals surface area contributed by atoms with Crippen LogP contribution >= 0.6 is 11.3 Å². The first-order valence-corrected chi connectivity index (χ1v) is 5.24. The van der Waals surface area contributed by atoms with Gasteiger partial charge < -0.3 is 5.32 Å². The van der Waals surface area contributed by atoms with E-state index < -0.39 is 0 Å². The summed E-state index contributed by atoms with van der Waals surface area (Å²) < 4.78 is 0. The van der Waals surface area contributed by atoms with E-state index in [0.717, 1.165) is 18.0 Å². The molecule has 0 fully saturated rings. The lowest BCUT2D eigenvalue weighted by atomic mass is 10.5. The highest BCUT2D eigenvalue weighted by molar-refractivity contribution is 7.13. The third-order valence-electron chi connectivity index (χ3n) is 1.76. The summed E-state index contributed by atoms with van der Waals surface area (Å²) in [5.41, 5.74) is 0. The number of nitrogens with zero attached hydrogens (tertiary/aromatic N) is 4. The predicted octanol–water partition coefficient (Wildman–Crippen LogP) is 0.621. The number of hydrogen-bond acceptors (Lipinski definition) is 5. The predicted molar refractivity (Wildman–Crippen MR) is 55.1 cm³/mol. The van der Waals surface area contributed by atoms with Gasteiger partial charge in [-0.15, -0.1) is 21.5 Å². The first kappa shape index (κ1) is 9.29. The number of aromatic nitrogens is 4. The molecule has 0 atom stereocenters. The van der Waals surface area contributed by atoms with Crippen molar-refractivity contribution in [1.29, 1.82) is 0 Å². The van der Waals surface area contributed by atoms with E-state index in [4.69, 9.17) is 0 Å². The minimum absolute atomic E-state index is 0.705. The van der Waals surface area contributed by atoms with Gasteiger partial charge in [-0.2, -0.15) is 4.80 Å². The van der Waals surface area contributed by atoms with Crippen molar-refractivity contribution in [3.63, 3.8) is 0 Å². The van der Waals surface area contributed by atoms with Crippen molar-refractivity contribution in [2.75, 3.05) is 13.6 Å². The molecule has 0 unspecified atom stereocenters. The summed E-state index contributed by atoms with van der Waals surface area (Å²) in [5.74, 6) is 0.705. The number of thiophene rings is 1. The zero-order valence-corrected chi connectivity index (χ0v) is 8.66. The second kappa shape index (κ2) is 4.30. The lowest BCUT2D eigenvalue weighted by Crippen LogP contribution is -2.16. The van der Waals surface area contributed by atoms with Crippen LogP contribution in [0.5, 0.6) is 0 Å². The normalized spacial score (nSPS) is 10.6. The van der Waals surface area contributed by atoms with Crippen molar-refractivity contribution in [2.45, 2.75) is 6.54 Å². The van der Waals surface area contributed by atoms with Crippen LogP contribution in [0.15, 0.2) is 17.5 Å². The minimum Gasteiger partial charge on any atom is -0.318 e. The highest BCUT2D eigenvalue weighted by Gasteiger charge is 2.05. The molecule has 0 spiro atoms. The largest absolute Gasteiger partial charge is 0.318 e. The number of hydrogen-bond donors (Lipinski definition) is 1. The van der Waals surface area contributed by atoms with Crippen LogP contribution in [0.4, 0.5) is 0 Å². The molecule has 14 heavy (non-hydrogen) atoms. The van der Waals surface area contributed by atoms with Gasteiger partial charge in [0.2, 0.25) is 5.82 Å². The molecule has 2 aromatic rings. The molecule has 2 heterocycles. The summed E-state index contributed by atoms with van der Waals surface area (Å²) in [4.78, 5) is 2.66. The average Bonchev–Trinajstić information content (AvgIpc) is 2.85. The third kappa shape index (κ3) is 1.97. The SMILES string of the molecule is CNCCn1nnc(-c2cccs2)n1. The monoisotopic (exact) mass is 209 g/mol. The van der Waals surface area contributed by atoms with E-state index in [9.17, 15) is 0 Å². The van der Waals surface area contributed by atoms with E-state index in [1.165, 1.54) is 0 Å². The first-order valence-electron chi connectivity index (χ1n) is 4.36. The summed E-state index contributed by atoms with van der Waals surface area (Å²) in [6, 6.07) is 3.97. The van der Waals surface area contributed by atoms with Gasteiger partial charge in [-0.3, -0.25) is 0 Å². The van der Waals surface area contributed by atoms with Crippen LogP contribution in [0.1, 0.15) is 0 Å². The highest BCUT2D eigenvalue weighted by atomic mass is 32.1. The summed E-state index contributed by atoms with van der Waals surface area (Å²) in [6.45, 7) is 1.59. The van der Waals surface area contributed by atoms with Gasteiger partial charge in [0.15, 0.2) is 0 Å². The topological polar surface area (TPSA) is 55.6 Å². The molecule has 1 N–H and O–H groups in total. The molecule has 0 saturated heterocycles. The summed E-state index contributed by atoms with van der Waals surface area (Å²) >= 11 is 1.62. The third-order valence-corrected chi connectivity index (χ3v) is 2.62. The van der Waals surface area contributed by atoms with Crippen molar-refractivity contribution in [3.8, 4) is 10.7 Å². The second-order valence-electron chi connectivity index (χ2n) is 2.79. The molecule has 0 amide bonds. The lowest BCUT2D eigenvalue weighted by molar-refractivity contribution is 0.507. The Balaban J connectivity index is 2.10. The minimum atomic E-state index is 0.705. The second-order valence-corrected chi connectivity index (χ2v) is 3.74. The Morgan fingerprint density at radius 3 is 3.21 bits per heavy atom. The maximum atomic E-state index is 4.26. The standard InChI is InChI=1S/C8H11N5S/c1-9-4-5-13-11-8(10-12-13)7-3-2-6-14-7/h2-3,6,9H,4-5H2,1H3. The molecule has 2 rings (SSSR count). The fraction of sp³-hybridized carbons (Fsp3) is 0.375. The Labute approximate surface area is 85.8 Å². The van der Waals surface area contributed by atoms with E-state index in [2.05, 4.69) is 20.7 Å². The van der Waals surface area contributed by atoms with Crippen LogP contribution in [0.2, 0.25) is 0 Å². The van der Waals surface area contributed by atoms with Crippen LogP contribution in [0.25, 0.3) is 10.7 Å².